The number of rotatable bonds is 6. The highest BCUT2D eigenvalue weighted by atomic mass is 32.2. The number of aromatic amines is 1. The number of H-pyrrole nitrogens is 1. The molecule has 0 saturated carbocycles. The maximum atomic E-state index is 13.2. The van der Waals surface area contributed by atoms with E-state index in [1.54, 1.807) is 4.57 Å². The van der Waals surface area contributed by atoms with Crippen molar-refractivity contribution in [2.24, 2.45) is 0 Å². The van der Waals surface area contributed by atoms with E-state index in [2.05, 4.69) is 29.1 Å². The zero-order chi connectivity index (χ0) is 22.8. The molecule has 0 radical (unpaired) electrons. The number of carbonyl (C=O) groups excluding carboxylic acids is 1. The van der Waals surface area contributed by atoms with Crippen molar-refractivity contribution >= 4 is 34.4 Å². The van der Waals surface area contributed by atoms with E-state index in [0.717, 1.165) is 22.6 Å². The molecule has 0 saturated heterocycles. The lowest BCUT2D eigenvalue weighted by Crippen LogP contribution is -2.23. The van der Waals surface area contributed by atoms with E-state index in [-0.39, 0.29) is 17.2 Å². The number of nitrogens with one attached hydrogen (secondary N) is 2. The molecule has 2 aromatic heterocycles. The molecule has 0 fully saturated rings. The van der Waals surface area contributed by atoms with Gasteiger partial charge in [-0.05, 0) is 55.7 Å². The standard InChI is InChI=1S/C25H26N4O2S/c1-15(2)18-7-9-19(10-8-18)27-22(30)14-32-25-28-21-13-17(4)26-23(21)24(31)29(25)20-11-5-16(3)6-12-20/h5-13,15,26H,14H2,1-4H3,(H,27,30). The van der Waals surface area contributed by atoms with Crippen molar-refractivity contribution in [3.8, 4) is 5.69 Å². The Balaban J connectivity index is 1.60. The first-order valence-corrected chi connectivity index (χ1v) is 11.5. The Morgan fingerprint density at radius 3 is 2.44 bits per heavy atom. The van der Waals surface area contributed by atoms with Gasteiger partial charge in [0.1, 0.15) is 5.52 Å². The van der Waals surface area contributed by atoms with Gasteiger partial charge in [-0.25, -0.2) is 4.98 Å². The lowest BCUT2D eigenvalue weighted by atomic mass is 10.0. The summed E-state index contributed by atoms with van der Waals surface area (Å²) in [6.07, 6.45) is 0. The Hall–Kier alpha value is -3.32. The summed E-state index contributed by atoms with van der Waals surface area (Å²) in [4.78, 5) is 33.6. The summed E-state index contributed by atoms with van der Waals surface area (Å²) < 4.78 is 1.56. The minimum absolute atomic E-state index is 0.138. The SMILES string of the molecule is Cc1ccc(-n2c(SCC(=O)Nc3ccc(C(C)C)cc3)nc3cc(C)[nH]c3c2=O)cc1. The summed E-state index contributed by atoms with van der Waals surface area (Å²) in [5.41, 5.74) is 5.53. The smallest absolute Gasteiger partial charge is 0.283 e. The topological polar surface area (TPSA) is 79.8 Å². The molecule has 0 unspecified atom stereocenters. The molecule has 2 heterocycles. The molecule has 0 aliphatic rings. The number of fused-ring (bicyclic) bond motifs is 1. The highest BCUT2D eigenvalue weighted by molar-refractivity contribution is 7.99. The first-order chi connectivity index (χ1) is 15.3. The molecule has 164 valence electrons. The van der Waals surface area contributed by atoms with Crippen LogP contribution in [-0.4, -0.2) is 26.2 Å². The number of nitrogens with zero attached hydrogens (tertiary/aromatic N) is 2. The molecule has 4 aromatic rings. The Labute approximate surface area is 191 Å². The van der Waals surface area contributed by atoms with Crippen molar-refractivity contribution in [3.63, 3.8) is 0 Å². The third-order valence-electron chi connectivity index (χ3n) is 5.24. The maximum absolute atomic E-state index is 13.2. The molecule has 2 N–H and O–H groups in total. The second kappa shape index (κ2) is 9.04. The lowest BCUT2D eigenvalue weighted by Gasteiger charge is -2.12. The Morgan fingerprint density at radius 1 is 1.09 bits per heavy atom. The molecule has 1 amide bonds. The van der Waals surface area contributed by atoms with Gasteiger partial charge in [-0.15, -0.1) is 0 Å². The van der Waals surface area contributed by atoms with Crippen molar-refractivity contribution in [2.45, 2.75) is 38.8 Å². The molecular formula is C25H26N4O2S. The lowest BCUT2D eigenvalue weighted by molar-refractivity contribution is -0.113. The van der Waals surface area contributed by atoms with E-state index in [1.807, 2.05) is 68.4 Å². The molecule has 2 aromatic carbocycles. The van der Waals surface area contributed by atoms with Crippen LogP contribution in [0.3, 0.4) is 0 Å². The van der Waals surface area contributed by atoms with Crippen LogP contribution in [0.1, 0.15) is 36.6 Å². The number of benzene rings is 2. The third-order valence-corrected chi connectivity index (χ3v) is 6.18. The van der Waals surface area contributed by atoms with Gasteiger partial charge in [0, 0.05) is 11.4 Å². The average Bonchev–Trinajstić information content (AvgIpc) is 3.14. The number of carbonyl (C=O) groups is 1. The van der Waals surface area contributed by atoms with E-state index in [1.165, 1.54) is 17.3 Å². The third kappa shape index (κ3) is 4.62. The van der Waals surface area contributed by atoms with Gasteiger partial charge in [-0.2, -0.15) is 0 Å². The van der Waals surface area contributed by atoms with Gasteiger partial charge in [-0.3, -0.25) is 14.2 Å². The number of anilines is 1. The molecule has 0 aliphatic carbocycles. The highest BCUT2D eigenvalue weighted by Crippen LogP contribution is 2.23. The summed E-state index contributed by atoms with van der Waals surface area (Å²) in [5.74, 6) is 0.424. The number of aryl methyl sites for hydroxylation is 2. The Bertz CT molecular complexity index is 1320. The number of hydrogen-bond donors (Lipinski definition) is 2. The van der Waals surface area contributed by atoms with Crippen LogP contribution < -0.4 is 10.9 Å². The van der Waals surface area contributed by atoms with Gasteiger partial charge in [0.2, 0.25) is 5.91 Å². The van der Waals surface area contributed by atoms with Crippen molar-refractivity contribution in [1.82, 2.24) is 14.5 Å². The van der Waals surface area contributed by atoms with E-state index in [0.29, 0.717) is 22.1 Å². The molecule has 0 aliphatic heterocycles. The van der Waals surface area contributed by atoms with Gasteiger partial charge in [-0.1, -0.05) is 55.4 Å². The number of hydrogen-bond acceptors (Lipinski definition) is 4. The van der Waals surface area contributed by atoms with E-state index < -0.39 is 0 Å². The van der Waals surface area contributed by atoms with Crippen molar-refractivity contribution in [3.05, 3.63) is 81.8 Å². The highest BCUT2D eigenvalue weighted by Gasteiger charge is 2.16. The van der Waals surface area contributed by atoms with Gasteiger partial charge < -0.3 is 10.3 Å². The zero-order valence-corrected chi connectivity index (χ0v) is 19.4. The fourth-order valence-electron chi connectivity index (χ4n) is 3.47. The summed E-state index contributed by atoms with van der Waals surface area (Å²) in [7, 11) is 0. The van der Waals surface area contributed by atoms with Gasteiger partial charge >= 0.3 is 0 Å². The maximum Gasteiger partial charge on any atom is 0.283 e. The Morgan fingerprint density at radius 2 is 1.78 bits per heavy atom. The number of thioether (sulfide) groups is 1. The molecule has 6 nitrogen and oxygen atoms in total. The predicted octanol–water partition coefficient (Wildman–Crippen LogP) is 5.18. The molecule has 32 heavy (non-hydrogen) atoms. The van der Waals surface area contributed by atoms with Gasteiger partial charge in [0.05, 0.1) is 17.0 Å². The van der Waals surface area contributed by atoms with Crippen LogP contribution in [-0.2, 0) is 4.79 Å². The van der Waals surface area contributed by atoms with Crippen molar-refractivity contribution in [2.75, 3.05) is 11.1 Å². The van der Waals surface area contributed by atoms with Crippen molar-refractivity contribution in [1.29, 1.82) is 0 Å². The fourth-order valence-corrected chi connectivity index (χ4v) is 4.29. The van der Waals surface area contributed by atoms with Crippen molar-refractivity contribution < 1.29 is 4.79 Å². The second-order valence-electron chi connectivity index (χ2n) is 8.20. The molecule has 0 atom stereocenters. The summed E-state index contributed by atoms with van der Waals surface area (Å²) in [5, 5.41) is 3.40. The predicted molar refractivity (Wildman–Crippen MR) is 131 cm³/mol. The largest absolute Gasteiger partial charge is 0.353 e. The monoisotopic (exact) mass is 446 g/mol. The van der Waals surface area contributed by atoms with E-state index >= 15 is 0 Å². The minimum Gasteiger partial charge on any atom is -0.353 e. The minimum atomic E-state index is -0.181. The second-order valence-corrected chi connectivity index (χ2v) is 9.14. The van der Waals surface area contributed by atoms with E-state index in [9.17, 15) is 9.59 Å². The average molecular weight is 447 g/mol. The van der Waals surface area contributed by atoms with Gasteiger partial charge in [0.15, 0.2) is 5.16 Å². The van der Waals surface area contributed by atoms with Crippen LogP contribution >= 0.6 is 11.8 Å². The molecular weight excluding hydrogens is 420 g/mol. The molecule has 7 heteroatoms. The van der Waals surface area contributed by atoms with Crippen LogP contribution in [0.25, 0.3) is 16.7 Å². The first-order valence-electron chi connectivity index (χ1n) is 10.5. The number of aromatic nitrogens is 3. The van der Waals surface area contributed by atoms with E-state index in [4.69, 9.17) is 0 Å². The summed E-state index contributed by atoms with van der Waals surface area (Å²) in [6, 6.07) is 17.4. The van der Waals surface area contributed by atoms with Crippen LogP contribution in [0.2, 0.25) is 0 Å². The molecule has 4 rings (SSSR count). The normalized spacial score (nSPS) is 11.3. The summed E-state index contributed by atoms with van der Waals surface area (Å²) in [6.45, 7) is 8.15. The Kier molecular flexibility index (Phi) is 6.19. The van der Waals surface area contributed by atoms with Crippen LogP contribution in [0, 0.1) is 13.8 Å². The van der Waals surface area contributed by atoms with Crippen LogP contribution in [0.15, 0.2) is 64.5 Å². The fraction of sp³-hybridized carbons (Fsp3) is 0.240. The quantitative estimate of drug-likeness (QED) is 0.316. The number of amides is 1. The molecule has 0 bridgehead atoms. The first kappa shape index (κ1) is 21.9. The summed E-state index contributed by atoms with van der Waals surface area (Å²) >= 11 is 1.25. The zero-order valence-electron chi connectivity index (χ0n) is 18.6. The van der Waals surface area contributed by atoms with Crippen LogP contribution in [0.4, 0.5) is 5.69 Å². The molecule has 0 spiro atoms. The van der Waals surface area contributed by atoms with Crippen LogP contribution in [0.5, 0.6) is 0 Å². The van der Waals surface area contributed by atoms with Gasteiger partial charge in [0.25, 0.3) is 5.56 Å².